The van der Waals surface area contributed by atoms with Crippen molar-refractivity contribution in [3.63, 3.8) is 0 Å². The maximum absolute atomic E-state index is 4.48. The molecule has 0 amide bonds. The van der Waals surface area contributed by atoms with E-state index in [1.165, 1.54) is 48.2 Å². The third-order valence-electron chi connectivity index (χ3n) is 6.12. The number of benzene rings is 1. The predicted octanol–water partition coefficient (Wildman–Crippen LogP) is 3.28. The van der Waals surface area contributed by atoms with Gasteiger partial charge in [0.2, 0.25) is 0 Å². The summed E-state index contributed by atoms with van der Waals surface area (Å²) in [5.74, 6) is 0.805. The van der Waals surface area contributed by atoms with E-state index in [4.69, 9.17) is 0 Å². The first-order chi connectivity index (χ1) is 14.0. The van der Waals surface area contributed by atoms with E-state index in [-0.39, 0.29) is 0 Å². The SMILES string of the molecule is CN=C(NCc1ccc(CN2CCCCC2C)cc1)NCc1c(C)nn(C)c1C. The van der Waals surface area contributed by atoms with Crippen LogP contribution in [0.3, 0.4) is 0 Å². The van der Waals surface area contributed by atoms with Gasteiger partial charge in [-0.2, -0.15) is 5.10 Å². The van der Waals surface area contributed by atoms with Crippen LogP contribution < -0.4 is 10.6 Å². The second kappa shape index (κ2) is 9.92. The van der Waals surface area contributed by atoms with Gasteiger partial charge in [0.25, 0.3) is 0 Å². The summed E-state index contributed by atoms with van der Waals surface area (Å²) in [7, 11) is 3.79. The van der Waals surface area contributed by atoms with E-state index in [9.17, 15) is 0 Å². The minimum Gasteiger partial charge on any atom is -0.352 e. The predicted molar refractivity (Wildman–Crippen MR) is 120 cm³/mol. The number of aryl methyl sites for hydroxylation is 2. The number of aliphatic imine (C=N–C) groups is 1. The number of likely N-dealkylation sites (tertiary alicyclic amines) is 1. The minimum absolute atomic E-state index is 0.701. The van der Waals surface area contributed by atoms with Crippen molar-refractivity contribution in [1.82, 2.24) is 25.3 Å². The maximum atomic E-state index is 4.48. The fraction of sp³-hybridized carbons (Fsp3) is 0.565. The quantitative estimate of drug-likeness (QED) is 0.581. The Bertz CT molecular complexity index is 821. The molecule has 0 radical (unpaired) electrons. The van der Waals surface area contributed by atoms with Crippen LogP contribution >= 0.6 is 0 Å². The van der Waals surface area contributed by atoms with Gasteiger partial charge in [-0.15, -0.1) is 0 Å². The molecule has 3 rings (SSSR count). The van der Waals surface area contributed by atoms with Crippen LogP contribution in [-0.4, -0.2) is 40.3 Å². The van der Waals surface area contributed by atoms with Crippen molar-refractivity contribution in [3.05, 3.63) is 52.3 Å². The number of rotatable bonds is 6. The topological polar surface area (TPSA) is 57.5 Å². The molecule has 1 aromatic carbocycles. The molecular formula is C23H36N6. The summed E-state index contributed by atoms with van der Waals surface area (Å²) < 4.78 is 1.93. The van der Waals surface area contributed by atoms with E-state index in [1.807, 2.05) is 18.7 Å². The first-order valence-electron chi connectivity index (χ1n) is 10.7. The summed E-state index contributed by atoms with van der Waals surface area (Å²) in [6.07, 6.45) is 4.03. The molecule has 0 bridgehead atoms. The van der Waals surface area contributed by atoms with Gasteiger partial charge in [-0.1, -0.05) is 30.7 Å². The third kappa shape index (κ3) is 5.60. The zero-order valence-electron chi connectivity index (χ0n) is 18.6. The van der Waals surface area contributed by atoms with Gasteiger partial charge >= 0.3 is 0 Å². The molecule has 1 saturated heterocycles. The Morgan fingerprint density at radius 1 is 1.10 bits per heavy atom. The van der Waals surface area contributed by atoms with Gasteiger partial charge in [-0.05, 0) is 51.3 Å². The van der Waals surface area contributed by atoms with E-state index < -0.39 is 0 Å². The van der Waals surface area contributed by atoms with Gasteiger partial charge in [-0.25, -0.2) is 0 Å². The summed E-state index contributed by atoms with van der Waals surface area (Å²) in [5, 5.41) is 11.3. The molecule has 0 saturated carbocycles. The lowest BCUT2D eigenvalue weighted by Gasteiger charge is -2.33. The van der Waals surface area contributed by atoms with Crippen LogP contribution in [-0.2, 0) is 26.7 Å². The molecule has 29 heavy (non-hydrogen) atoms. The van der Waals surface area contributed by atoms with E-state index >= 15 is 0 Å². The fourth-order valence-corrected chi connectivity index (χ4v) is 4.04. The highest BCUT2D eigenvalue weighted by molar-refractivity contribution is 5.79. The van der Waals surface area contributed by atoms with Gasteiger partial charge in [0.05, 0.1) is 5.69 Å². The van der Waals surface area contributed by atoms with E-state index in [0.29, 0.717) is 6.04 Å². The lowest BCUT2D eigenvalue weighted by atomic mass is 10.0. The van der Waals surface area contributed by atoms with Crippen LogP contribution in [0, 0.1) is 13.8 Å². The maximum Gasteiger partial charge on any atom is 0.191 e. The van der Waals surface area contributed by atoms with Crippen molar-refractivity contribution in [1.29, 1.82) is 0 Å². The first-order valence-corrected chi connectivity index (χ1v) is 10.7. The normalized spacial score (nSPS) is 18.1. The van der Waals surface area contributed by atoms with Crippen LogP contribution in [0.25, 0.3) is 0 Å². The van der Waals surface area contributed by atoms with Gasteiger partial charge in [0.1, 0.15) is 0 Å². The van der Waals surface area contributed by atoms with Gasteiger partial charge in [0.15, 0.2) is 5.96 Å². The highest BCUT2D eigenvalue weighted by atomic mass is 15.3. The smallest absolute Gasteiger partial charge is 0.191 e. The molecule has 1 aliphatic heterocycles. The highest BCUT2D eigenvalue weighted by Gasteiger charge is 2.18. The van der Waals surface area contributed by atoms with Crippen LogP contribution in [0.15, 0.2) is 29.3 Å². The molecular weight excluding hydrogens is 360 g/mol. The van der Waals surface area contributed by atoms with E-state index in [0.717, 1.165) is 31.3 Å². The van der Waals surface area contributed by atoms with Crippen molar-refractivity contribution in [2.24, 2.45) is 12.0 Å². The number of piperidine rings is 1. The highest BCUT2D eigenvalue weighted by Crippen LogP contribution is 2.19. The average molecular weight is 397 g/mol. The summed E-state index contributed by atoms with van der Waals surface area (Å²) in [6.45, 7) is 10.3. The molecule has 2 aromatic rings. The van der Waals surface area contributed by atoms with Gasteiger partial charge in [-0.3, -0.25) is 14.6 Å². The number of nitrogens with zero attached hydrogens (tertiary/aromatic N) is 4. The molecule has 1 fully saturated rings. The number of hydrogen-bond acceptors (Lipinski definition) is 3. The summed E-state index contributed by atoms with van der Waals surface area (Å²) in [5.41, 5.74) is 6.13. The molecule has 0 spiro atoms. The average Bonchev–Trinajstić information content (AvgIpc) is 2.96. The van der Waals surface area contributed by atoms with E-state index in [1.54, 1.807) is 7.05 Å². The van der Waals surface area contributed by atoms with Crippen molar-refractivity contribution in [2.45, 2.75) is 65.7 Å². The van der Waals surface area contributed by atoms with Crippen molar-refractivity contribution in [3.8, 4) is 0 Å². The number of nitrogens with one attached hydrogen (secondary N) is 2. The Hall–Kier alpha value is -2.34. The molecule has 2 heterocycles. The molecule has 1 unspecified atom stereocenters. The Morgan fingerprint density at radius 2 is 1.79 bits per heavy atom. The third-order valence-corrected chi connectivity index (χ3v) is 6.12. The molecule has 0 aliphatic carbocycles. The summed E-state index contributed by atoms with van der Waals surface area (Å²) in [6, 6.07) is 9.67. The fourth-order valence-electron chi connectivity index (χ4n) is 4.04. The van der Waals surface area contributed by atoms with Crippen LogP contribution in [0.5, 0.6) is 0 Å². The largest absolute Gasteiger partial charge is 0.352 e. The number of hydrogen-bond donors (Lipinski definition) is 2. The van der Waals surface area contributed by atoms with Crippen molar-refractivity contribution >= 4 is 5.96 Å². The van der Waals surface area contributed by atoms with Crippen molar-refractivity contribution in [2.75, 3.05) is 13.6 Å². The zero-order valence-corrected chi connectivity index (χ0v) is 18.6. The first kappa shape index (κ1) is 21.4. The van der Waals surface area contributed by atoms with Crippen LogP contribution in [0.1, 0.15) is 54.3 Å². The number of guanidine groups is 1. The monoisotopic (exact) mass is 396 g/mol. The Morgan fingerprint density at radius 3 is 2.41 bits per heavy atom. The lowest BCUT2D eigenvalue weighted by molar-refractivity contribution is 0.152. The Kier molecular flexibility index (Phi) is 7.31. The summed E-state index contributed by atoms with van der Waals surface area (Å²) in [4.78, 5) is 6.95. The van der Waals surface area contributed by atoms with Crippen molar-refractivity contribution < 1.29 is 0 Å². The Labute approximate surface area is 175 Å². The van der Waals surface area contributed by atoms with Gasteiger partial charge in [0, 0.05) is 51.0 Å². The molecule has 1 aliphatic rings. The van der Waals surface area contributed by atoms with E-state index in [2.05, 4.69) is 63.7 Å². The molecule has 2 N–H and O–H groups in total. The summed E-state index contributed by atoms with van der Waals surface area (Å²) >= 11 is 0. The molecule has 1 aromatic heterocycles. The minimum atomic E-state index is 0.701. The molecule has 158 valence electrons. The Balaban J connectivity index is 1.49. The van der Waals surface area contributed by atoms with Gasteiger partial charge < -0.3 is 10.6 Å². The second-order valence-corrected chi connectivity index (χ2v) is 8.18. The molecule has 1 atom stereocenters. The molecule has 6 nitrogen and oxygen atoms in total. The number of aromatic nitrogens is 2. The second-order valence-electron chi connectivity index (χ2n) is 8.18. The standard InChI is InChI=1S/C23H36N6/c1-17-8-6-7-13-29(17)16-21-11-9-20(10-12-21)14-25-23(24-4)26-15-22-18(2)27-28(5)19(22)3/h9-12,17H,6-8,13-16H2,1-5H3,(H2,24,25,26). The van der Waals surface area contributed by atoms with Crippen LogP contribution in [0.2, 0.25) is 0 Å². The van der Waals surface area contributed by atoms with Crippen LogP contribution in [0.4, 0.5) is 0 Å². The molecule has 6 heteroatoms. The zero-order chi connectivity index (χ0) is 20.8. The lowest BCUT2D eigenvalue weighted by Crippen LogP contribution is -2.37.